The smallest absolute Gasteiger partial charge is 0.335 e. The van der Waals surface area contributed by atoms with E-state index in [1.165, 1.54) is 57.1 Å². The third kappa shape index (κ3) is 9.25. The lowest BCUT2D eigenvalue weighted by atomic mass is 9.95. The second kappa shape index (κ2) is 15.5. The third-order valence-corrected chi connectivity index (χ3v) is 6.44. The number of unbranched alkanes of at least 4 members (excludes halogenated alkanes) is 7. The molecule has 0 saturated heterocycles. The highest BCUT2D eigenvalue weighted by Gasteiger charge is 2.16. The first-order valence-corrected chi connectivity index (χ1v) is 13.5. The normalized spacial score (nSPS) is 10.8. The van der Waals surface area contributed by atoms with E-state index in [-0.39, 0.29) is 18.6 Å². The van der Waals surface area contributed by atoms with E-state index in [2.05, 4.69) is 6.92 Å². The Morgan fingerprint density at radius 1 is 0.763 bits per heavy atom. The van der Waals surface area contributed by atoms with Crippen LogP contribution in [0.25, 0.3) is 11.1 Å². The van der Waals surface area contributed by atoms with Crippen LogP contribution in [0.3, 0.4) is 0 Å². The first kappa shape index (κ1) is 28.8. The second-order valence-corrected chi connectivity index (χ2v) is 9.50. The molecule has 0 spiro atoms. The molecule has 0 saturated carbocycles. The summed E-state index contributed by atoms with van der Waals surface area (Å²) >= 11 is 0. The van der Waals surface area contributed by atoms with Crippen molar-refractivity contribution in [3.8, 4) is 22.6 Å². The van der Waals surface area contributed by atoms with Crippen molar-refractivity contribution in [3.05, 3.63) is 83.4 Å². The number of aliphatic carboxylic acids is 1. The van der Waals surface area contributed by atoms with Crippen molar-refractivity contribution in [1.82, 2.24) is 0 Å². The van der Waals surface area contributed by atoms with Crippen LogP contribution in [0.5, 0.6) is 11.5 Å². The SMILES string of the molecule is CCCCCCCCCCOc1ccc(COc2cccc(CC(=O)O)c2-c2cccc(C(=O)O)c2)cc1. The number of carboxylic acid groups (broad SMARTS) is 2. The van der Waals surface area contributed by atoms with Gasteiger partial charge in [-0.3, -0.25) is 4.79 Å². The van der Waals surface area contributed by atoms with Crippen LogP contribution in [0.15, 0.2) is 66.7 Å². The van der Waals surface area contributed by atoms with Gasteiger partial charge in [-0.1, -0.05) is 88.3 Å². The van der Waals surface area contributed by atoms with Crippen LogP contribution in [0.4, 0.5) is 0 Å². The monoisotopic (exact) mass is 518 g/mol. The van der Waals surface area contributed by atoms with E-state index in [0.29, 0.717) is 29.0 Å². The minimum absolute atomic E-state index is 0.126. The predicted molar refractivity (Wildman–Crippen MR) is 149 cm³/mol. The molecule has 0 heterocycles. The molecule has 0 aromatic heterocycles. The Labute approximate surface area is 225 Å². The molecule has 6 heteroatoms. The van der Waals surface area contributed by atoms with Gasteiger partial charge in [-0.2, -0.15) is 0 Å². The number of carboxylic acids is 2. The number of hydrogen-bond acceptors (Lipinski definition) is 4. The van der Waals surface area contributed by atoms with Crippen molar-refractivity contribution in [2.75, 3.05) is 6.61 Å². The molecule has 0 amide bonds. The van der Waals surface area contributed by atoms with Crippen LogP contribution in [-0.2, 0) is 17.8 Å². The van der Waals surface area contributed by atoms with Crippen molar-refractivity contribution >= 4 is 11.9 Å². The first-order valence-electron chi connectivity index (χ1n) is 13.5. The fraction of sp³-hybridized carbons (Fsp3) is 0.375. The topological polar surface area (TPSA) is 93.1 Å². The van der Waals surface area contributed by atoms with Crippen molar-refractivity contribution in [2.24, 2.45) is 0 Å². The van der Waals surface area contributed by atoms with Gasteiger partial charge in [-0.15, -0.1) is 0 Å². The van der Waals surface area contributed by atoms with Crippen LogP contribution in [0, 0.1) is 0 Å². The Morgan fingerprint density at radius 2 is 1.45 bits per heavy atom. The van der Waals surface area contributed by atoms with Gasteiger partial charge in [0.05, 0.1) is 18.6 Å². The molecule has 0 fully saturated rings. The maximum Gasteiger partial charge on any atom is 0.335 e. The maximum absolute atomic E-state index is 11.5. The van der Waals surface area contributed by atoms with Gasteiger partial charge in [-0.25, -0.2) is 4.79 Å². The lowest BCUT2D eigenvalue weighted by Crippen LogP contribution is -2.05. The molecule has 38 heavy (non-hydrogen) atoms. The molecule has 0 bridgehead atoms. The van der Waals surface area contributed by atoms with E-state index in [1.54, 1.807) is 30.3 Å². The summed E-state index contributed by atoms with van der Waals surface area (Å²) in [5.74, 6) is -0.692. The molecule has 3 aromatic rings. The molecular weight excluding hydrogens is 480 g/mol. The molecule has 3 rings (SSSR count). The average molecular weight is 519 g/mol. The van der Waals surface area contributed by atoms with Gasteiger partial charge in [-0.05, 0) is 53.4 Å². The van der Waals surface area contributed by atoms with Crippen molar-refractivity contribution in [3.63, 3.8) is 0 Å². The van der Waals surface area contributed by atoms with E-state index in [4.69, 9.17) is 9.47 Å². The van der Waals surface area contributed by atoms with E-state index < -0.39 is 11.9 Å². The molecule has 6 nitrogen and oxygen atoms in total. The zero-order valence-electron chi connectivity index (χ0n) is 22.2. The number of benzene rings is 3. The minimum atomic E-state index is -1.05. The van der Waals surface area contributed by atoms with Crippen molar-refractivity contribution in [2.45, 2.75) is 71.3 Å². The van der Waals surface area contributed by atoms with Gasteiger partial charge in [0, 0.05) is 5.56 Å². The number of ether oxygens (including phenoxy) is 2. The highest BCUT2D eigenvalue weighted by Crippen LogP contribution is 2.35. The van der Waals surface area contributed by atoms with Crippen molar-refractivity contribution < 1.29 is 29.3 Å². The molecule has 2 N–H and O–H groups in total. The Bertz CT molecular complexity index is 1170. The van der Waals surface area contributed by atoms with Gasteiger partial charge in [0.1, 0.15) is 18.1 Å². The Balaban J connectivity index is 1.59. The van der Waals surface area contributed by atoms with Crippen molar-refractivity contribution in [1.29, 1.82) is 0 Å². The molecular formula is C32H38O6. The molecule has 0 aliphatic heterocycles. The zero-order valence-corrected chi connectivity index (χ0v) is 22.2. The molecule has 0 aliphatic rings. The molecule has 0 aliphatic carbocycles. The Kier molecular flexibility index (Phi) is 11.7. The summed E-state index contributed by atoms with van der Waals surface area (Å²) < 4.78 is 12.0. The number of rotatable bonds is 17. The summed E-state index contributed by atoms with van der Waals surface area (Å²) in [4.78, 5) is 23.0. The minimum Gasteiger partial charge on any atom is -0.494 e. The fourth-order valence-corrected chi connectivity index (χ4v) is 4.41. The van der Waals surface area contributed by atoms with E-state index in [1.807, 2.05) is 24.3 Å². The van der Waals surface area contributed by atoms with Crippen LogP contribution in [0.1, 0.15) is 79.8 Å². The highest BCUT2D eigenvalue weighted by molar-refractivity contribution is 5.90. The number of hydrogen-bond donors (Lipinski definition) is 2. The number of aromatic carboxylic acids is 1. The van der Waals surface area contributed by atoms with E-state index >= 15 is 0 Å². The number of carbonyl (C=O) groups is 2. The summed E-state index contributed by atoms with van der Waals surface area (Å²) in [6.07, 6.45) is 9.91. The Hall–Kier alpha value is -3.80. The fourth-order valence-electron chi connectivity index (χ4n) is 4.41. The molecule has 0 unspecified atom stereocenters. The van der Waals surface area contributed by atoms with Gasteiger partial charge in [0.2, 0.25) is 0 Å². The third-order valence-electron chi connectivity index (χ3n) is 6.44. The largest absolute Gasteiger partial charge is 0.494 e. The lowest BCUT2D eigenvalue weighted by molar-refractivity contribution is -0.136. The highest BCUT2D eigenvalue weighted by atomic mass is 16.5. The maximum atomic E-state index is 11.5. The van der Waals surface area contributed by atoms with Crippen LogP contribution in [0.2, 0.25) is 0 Å². The summed E-state index contributed by atoms with van der Waals surface area (Å²) in [5, 5.41) is 18.8. The van der Waals surface area contributed by atoms with E-state index in [0.717, 1.165) is 17.7 Å². The summed E-state index contributed by atoms with van der Waals surface area (Å²) in [5.41, 5.74) is 2.81. The van der Waals surface area contributed by atoms with Crippen LogP contribution < -0.4 is 9.47 Å². The Morgan fingerprint density at radius 3 is 2.13 bits per heavy atom. The second-order valence-electron chi connectivity index (χ2n) is 9.50. The van der Waals surface area contributed by atoms with Gasteiger partial charge in [0.25, 0.3) is 0 Å². The average Bonchev–Trinajstić information content (AvgIpc) is 2.91. The molecule has 202 valence electrons. The van der Waals surface area contributed by atoms with Crippen LogP contribution >= 0.6 is 0 Å². The first-order chi connectivity index (χ1) is 18.5. The molecule has 3 aromatic carbocycles. The standard InChI is InChI=1S/C32H38O6/c1-2-3-4-5-6-7-8-9-20-37-28-18-16-24(17-19-28)23-38-29-15-11-13-26(22-30(33)34)31(29)25-12-10-14-27(21-25)32(35)36/h10-19,21H,2-9,20,22-23H2,1H3,(H,33,34)(H,35,36). The summed E-state index contributed by atoms with van der Waals surface area (Å²) in [6, 6.07) is 19.5. The molecule has 0 atom stereocenters. The summed E-state index contributed by atoms with van der Waals surface area (Å²) in [6.45, 7) is 3.22. The lowest BCUT2D eigenvalue weighted by Gasteiger charge is -2.16. The van der Waals surface area contributed by atoms with Gasteiger partial charge < -0.3 is 19.7 Å². The van der Waals surface area contributed by atoms with E-state index in [9.17, 15) is 19.8 Å². The van der Waals surface area contributed by atoms with Crippen LogP contribution in [-0.4, -0.2) is 28.8 Å². The summed E-state index contributed by atoms with van der Waals surface area (Å²) in [7, 11) is 0. The van der Waals surface area contributed by atoms with Gasteiger partial charge in [0.15, 0.2) is 0 Å². The predicted octanol–water partition coefficient (Wildman–Crippen LogP) is 7.78. The molecule has 0 radical (unpaired) electrons. The zero-order chi connectivity index (χ0) is 27.2. The van der Waals surface area contributed by atoms with Gasteiger partial charge >= 0.3 is 11.9 Å². The quantitative estimate of drug-likeness (QED) is 0.177.